The first-order chi connectivity index (χ1) is 12.4. The Morgan fingerprint density at radius 3 is 2.85 bits per heavy atom. The molecule has 8 nitrogen and oxygen atoms in total. The minimum atomic E-state index is -3.05. The average molecular weight is 384 g/mol. The van der Waals surface area contributed by atoms with Crippen LogP contribution < -0.4 is 20.5 Å². The van der Waals surface area contributed by atoms with Crippen LogP contribution in [0.15, 0.2) is 34.2 Å². The van der Waals surface area contributed by atoms with Gasteiger partial charge in [-0.05, 0) is 24.4 Å². The van der Waals surface area contributed by atoms with Crippen molar-refractivity contribution in [3.63, 3.8) is 0 Å². The molecule has 2 rings (SSSR count). The summed E-state index contributed by atoms with van der Waals surface area (Å²) in [6, 6.07) is 5.65. The molecular weight excluding hydrogens is 370 g/mol. The van der Waals surface area contributed by atoms with Crippen molar-refractivity contribution in [3.8, 4) is 11.5 Å². The van der Waals surface area contributed by atoms with E-state index >= 15 is 0 Å². The summed E-state index contributed by atoms with van der Waals surface area (Å²) < 4.78 is 34.6. The molecular formula is C15H14F2N4O4S. The minimum Gasteiger partial charge on any atom is -0.493 e. The SMILES string of the molecule is COc1cccc(/C=N\NC(=O)Cc2cc(=O)[nH]c(=S)[nH]2)c1OC(F)F. The molecule has 0 atom stereocenters. The van der Waals surface area contributed by atoms with Crippen LogP contribution in [0.5, 0.6) is 11.5 Å². The standard InChI is InChI=1S/C15H14F2N4O4S/c1-24-10-4-2-3-8(13(10)25-14(16)17)7-18-21-12(23)6-9-5-11(22)20-15(26)19-9/h2-5,7,14H,6H2,1H3,(H,21,23)(H2,19,20,22,26)/b18-7-. The first kappa shape index (κ1) is 19.2. The molecule has 0 aliphatic heterocycles. The Labute approximate surface area is 150 Å². The average Bonchev–Trinajstić information content (AvgIpc) is 2.54. The van der Waals surface area contributed by atoms with Gasteiger partial charge in [0.1, 0.15) is 0 Å². The van der Waals surface area contributed by atoms with E-state index in [0.29, 0.717) is 5.69 Å². The van der Waals surface area contributed by atoms with Crippen LogP contribution in [-0.2, 0) is 11.2 Å². The quantitative estimate of drug-likeness (QED) is 0.383. The number of nitrogens with zero attached hydrogens (tertiary/aromatic N) is 1. The fraction of sp³-hybridized carbons (Fsp3) is 0.200. The Kier molecular flexibility index (Phi) is 6.55. The van der Waals surface area contributed by atoms with Crippen LogP contribution in [0, 0.1) is 4.77 Å². The summed E-state index contributed by atoms with van der Waals surface area (Å²) in [5.74, 6) is -0.657. The van der Waals surface area contributed by atoms with Gasteiger partial charge < -0.3 is 14.5 Å². The van der Waals surface area contributed by atoms with Gasteiger partial charge >= 0.3 is 6.61 Å². The topological polar surface area (TPSA) is 109 Å². The van der Waals surface area contributed by atoms with Crippen LogP contribution in [-0.4, -0.2) is 35.8 Å². The Hall–Kier alpha value is -3.08. The lowest BCUT2D eigenvalue weighted by Crippen LogP contribution is -2.22. The Bertz CT molecular complexity index is 898. The second-order valence-corrected chi connectivity index (χ2v) is 5.25. The molecule has 26 heavy (non-hydrogen) atoms. The van der Waals surface area contributed by atoms with E-state index in [9.17, 15) is 18.4 Å². The molecule has 2 aromatic rings. The van der Waals surface area contributed by atoms with Gasteiger partial charge in [-0.15, -0.1) is 0 Å². The zero-order chi connectivity index (χ0) is 19.1. The van der Waals surface area contributed by atoms with Gasteiger partial charge in [0, 0.05) is 17.3 Å². The van der Waals surface area contributed by atoms with Crippen LogP contribution >= 0.6 is 12.2 Å². The van der Waals surface area contributed by atoms with Crippen molar-refractivity contribution in [3.05, 3.63) is 50.6 Å². The van der Waals surface area contributed by atoms with Crippen molar-refractivity contribution in [1.82, 2.24) is 15.4 Å². The first-order valence-electron chi connectivity index (χ1n) is 7.15. The zero-order valence-electron chi connectivity index (χ0n) is 13.4. The highest BCUT2D eigenvalue weighted by molar-refractivity contribution is 7.71. The van der Waals surface area contributed by atoms with Gasteiger partial charge in [-0.2, -0.15) is 13.9 Å². The van der Waals surface area contributed by atoms with Gasteiger partial charge in [0.15, 0.2) is 16.3 Å². The maximum Gasteiger partial charge on any atom is 0.387 e. The fourth-order valence-corrected chi connectivity index (χ4v) is 2.24. The lowest BCUT2D eigenvalue weighted by atomic mass is 10.2. The molecule has 0 aliphatic carbocycles. The molecule has 0 radical (unpaired) electrons. The minimum absolute atomic E-state index is 0.0916. The summed E-state index contributed by atoms with van der Waals surface area (Å²) in [5, 5.41) is 3.70. The van der Waals surface area contributed by atoms with Gasteiger partial charge in [-0.3, -0.25) is 14.6 Å². The number of ether oxygens (including phenoxy) is 2. The number of alkyl halides is 2. The molecule has 0 fully saturated rings. The van der Waals surface area contributed by atoms with Gasteiger partial charge in [0.2, 0.25) is 5.91 Å². The molecule has 1 heterocycles. The van der Waals surface area contributed by atoms with E-state index in [2.05, 4.69) is 25.2 Å². The number of amides is 1. The largest absolute Gasteiger partial charge is 0.493 e. The molecule has 11 heteroatoms. The van der Waals surface area contributed by atoms with Crippen molar-refractivity contribution >= 4 is 24.3 Å². The van der Waals surface area contributed by atoms with E-state index in [4.69, 9.17) is 17.0 Å². The van der Waals surface area contributed by atoms with Gasteiger partial charge in [-0.25, -0.2) is 5.43 Å². The molecule has 0 spiro atoms. The lowest BCUT2D eigenvalue weighted by molar-refractivity contribution is -0.120. The Morgan fingerprint density at radius 2 is 2.19 bits per heavy atom. The first-order valence-corrected chi connectivity index (χ1v) is 7.56. The third kappa shape index (κ3) is 5.48. The normalized spacial score (nSPS) is 10.9. The number of hydrogen-bond donors (Lipinski definition) is 3. The molecule has 1 amide bonds. The monoisotopic (exact) mass is 384 g/mol. The van der Waals surface area contributed by atoms with Crippen LogP contribution in [0.25, 0.3) is 0 Å². The number of rotatable bonds is 7. The fourth-order valence-electron chi connectivity index (χ4n) is 2.01. The molecule has 0 aliphatic rings. The second kappa shape index (κ2) is 8.85. The number of nitrogens with one attached hydrogen (secondary N) is 3. The Morgan fingerprint density at radius 1 is 1.42 bits per heavy atom. The summed E-state index contributed by atoms with van der Waals surface area (Å²) in [6.45, 7) is -3.05. The van der Waals surface area contributed by atoms with E-state index in [1.54, 1.807) is 6.07 Å². The third-order valence-electron chi connectivity index (χ3n) is 3.00. The maximum absolute atomic E-state index is 12.5. The highest BCUT2D eigenvalue weighted by Crippen LogP contribution is 2.31. The lowest BCUT2D eigenvalue weighted by Gasteiger charge is -2.11. The van der Waals surface area contributed by atoms with E-state index in [0.717, 1.165) is 6.21 Å². The molecule has 0 saturated carbocycles. The van der Waals surface area contributed by atoms with Crippen molar-refractivity contribution in [1.29, 1.82) is 0 Å². The second-order valence-electron chi connectivity index (χ2n) is 4.84. The number of aromatic amines is 2. The van der Waals surface area contributed by atoms with Crippen LogP contribution in [0.2, 0.25) is 0 Å². The molecule has 1 aromatic carbocycles. The van der Waals surface area contributed by atoms with Crippen molar-refractivity contribution in [2.45, 2.75) is 13.0 Å². The predicted molar refractivity (Wildman–Crippen MR) is 91.3 cm³/mol. The number of hydrogen-bond acceptors (Lipinski definition) is 6. The molecule has 0 bridgehead atoms. The zero-order valence-corrected chi connectivity index (χ0v) is 14.2. The summed E-state index contributed by atoms with van der Waals surface area (Å²) in [6.07, 6.45) is 0.960. The number of halogens is 2. The molecule has 3 N–H and O–H groups in total. The van der Waals surface area contributed by atoms with Crippen molar-refractivity contribution in [2.75, 3.05) is 7.11 Å². The predicted octanol–water partition coefficient (Wildman–Crippen LogP) is 1.74. The van der Waals surface area contributed by atoms with E-state index in [-0.39, 0.29) is 28.3 Å². The summed E-state index contributed by atoms with van der Waals surface area (Å²) in [7, 11) is 1.31. The van der Waals surface area contributed by atoms with Crippen LogP contribution in [0.3, 0.4) is 0 Å². The maximum atomic E-state index is 12.5. The number of carbonyl (C=O) groups is 1. The molecule has 0 saturated heterocycles. The highest BCUT2D eigenvalue weighted by atomic mass is 32.1. The number of methoxy groups -OCH3 is 1. The van der Waals surface area contributed by atoms with Gasteiger partial charge in [0.05, 0.1) is 19.7 Å². The smallest absolute Gasteiger partial charge is 0.387 e. The number of para-hydroxylation sites is 1. The van der Waals surface area contributed by atoms with E-state index < -0.39 is 18.1 Å². The number of H-pyrrole nitrogens is 2. The number of hydrazone groups is 1. The van der Waals surface area contributed by atoms with Crippen LogP contribution in [0.1, 0.15) is 11.3 Å². The molecule has 138 valence electrons. The molecule has 1 aromatic heterocycles. The summed E-state index contributed by atoms with van der Waals surface area (Å²) in [4.78, 5) is 28.1. The number of carbonyl (C=O) groups excluding carboxylic acids is 1. The summed E-state index contributed by atoms with van der Waals surface area (Å²) in [5.41, 5.74) is 2.26. The third-order valence-corrected chi connectivity index (χ3v) is 3.20. The van der Waals surface area contributed by atoms with Gasteiger partial charge in [-0.1, -0.05) is 6.07 Å². The Balaban J connectivity index is 2.09. The number of aromatic nitrogens is 2. The highest BCUT2D eigenvalue weighted by Gasteiger charge is 2.14. The van der Waals surface area contributed by atoms with Crippen molar-refractivity contribution in [2.24, 2.45) is 5.10 Å². The van der Waals surface area contributed by atoms with E-state index in [1.165, 1.54) is 25.3 Å². The van der Waals surface area contributed by atoms with Crippen molar-refractivity contribution < 1.29 is 23.0 Å². The summed E-state index contributed by atoms with van der Waals surface area (Å²) >= 11 is 4.80. The van der Waals surface area contributed by atoms with Gasteiger partial charge in [0.25, 0.3) is 5.56 Å². The van der Waals surface area contributed by atoms with E-state index in [1.807, 2.05) is 0 Å². The number of benzene rings is 1. The van der Waals surface area contributed by atoms with Crippen LogP contribution in [0.4, 0.5) is 8.78 Å². The molecule has 0 unspecified atom stereocenters.